The fourth-order valence-corrected chi connectivity index (χ4v) is 12.7. The molecule has 0 amide bonds. The monoisotopic (exact) mass is 426 g/mol. The third-order valence-corrected chi connectivity index (χ3v) is 14.0. The zero-order valence-corrected chi connectivity index (χ0v) is 21.4. The Balaban J connectivity index is 2.04. The zero-order chi connectivity index (χ0) is 21.2. The third-order valence-electron chi connectivity index (χ3n) is 6.91. The van der Waals surface area contributed by atoms with E-state index in [4.69, 9.17) is 0 Å². The van der Waals surface area contributed by atoms with Crippen LogP contribution in [0.5, 0.6) is 0 Å². The molecule has 0 heterocycles. The minimum absolute atomic E-state index is 0.0601. The molecule has 0 bridgehead atoms. The quantitative estimate of drug-likeness (QED) is 0.417. The van der Waals surface area contributed by atoms with Gasteiger partial charge < -0.3 is 0 Å². The van der Waals surface area contributed by atoms with Crippen LogP contribution in [0.3, 0.4) is 0 Å². The van der Waals surface area contributed by atoms with E-state index in [1.54, 1.807) is 10.6 Å². The van der Waals surface area contributed by atoms with Gasteiger partial charge in [-0.2, -0.15) is 0 Å². The Kier molecular flexibility index (Phi) is 7.62. The maximum absolute atomic E-state index is 2.60. The fourth-order valence-electron chi connectivity index (χ4n) is 5.55. The van der Waals surface area contributed by atoms with Crippen molar-refractivity contribution in [1.29, 1.82) is 0 Å². The highest BCUT2D eigenvalue weighted by atomic mass is 31.1. The molecule has 29 heavy (non-hydrogen) atoms. The maximum Gasteiger partial charge on any atom is -0.0123 e. The number of benzene rings is 2. The topological polar surface area (TPSA) is 0 Å². The molecule has 0 saturated heterocycles. The van der Waals surface area contributed by atoms with Crippen molar-refractivity contribution in [1.82, 2.24) is 0 Å². The minimum atomic E-state index is -0.347. The Morgan fingerprint density at radius 1 is 0.897 bits per heavy atom. The van der Waals surface area contributed by atoms with Crippen molar-refractivity contribution in [2.24, 2.45) is 5.92 Å². The molecule has 0 nitrogen and oxygen atoms in total. The molecule has 4 atom stereocenters. The Hall–Kier alpha value is -0.700. The van der Waals surface area contributed by atoms with Crippen molar-refractivity contribution in [2.75, 3.05) is 6.16 Å². The third kappa shape index (κ3) is 4.97. The molecule has 0 N–H and O–H groups in total. The Morgan fingerprint density at radius 3 is 1.86 bits per heavy atom. The molecule has 1 saturated carbocycles. The summed E-state index contributed by atoms with van der Waals surface area (Å²) in [5.74, 6) is 0.866. The number of hydrogen-bond acceptors (Lipinski definition) is 0. The molecule has 3 unspecified atom stereocenters. The Labute approximate surface area is 182 Å². The maximum atomic E-state index is 2.60. The average molecular weight is 427 g/mol. The van der Waals surface area contributed by atoms with Crippen LogP contribution < -0.4 is 10.6 Å². The van der Waals surface area contributed by atoms with Gasteiger partial charge in [-0.25, -0.2) is 0 Å². The lowest BCUT2D eigenvalue weighted by Crippen LogP contribution is -2.33. The first kappa shape index (κ1) is 23.0. The van der Waals surface area contributed by atoms with E-state index in [1.165, 1.54) is 36.6 Å². The van der Waals surface area contributed by atoms with Crippen molar-refractivity contribution in [3.8, 4) is 0 Å². The summed E-state index contributed by atoms with van der Waals surface area (Å²) in [7, 11) is -0.287. The first-order valence-electron chi connectivity index (χ1n) is 11.4. The molecule has 1 fully saturated rings. The van der Waals surface area contributed by atoms with E-state index in [0.29, 0.717) is 5.16 Å². The minimum Gasteiger partial charge on any atom is -0.0980 e. The standard InChI is InChI=1S/C27H40P2/c1-8-28(27(5,6)7)26-19-13-16-23(26)22(4)29(24-17-11-9-14-20(24)2)25-18-12-10-15-21(25)3/h9-12,14-15,17-18,22-23,26H,8,13,16,19H2,1-7H3/t22-,23?,26?,28?/m0/s1. The second-order valence-corrected chi connectivity index (χ2v) is 15.9. The van der Waals surface area contributed by atoms with E-state index in [1.807, 2.05) is 0 Å². The molecule has 2 heteroatoms. The molecule has 2 aromatic rings. The molecule has 0 aromatic heterocycles. The highest BCUT2D eigenvalue weighted by Gasteiger charge is 2.42. The highest BCUT2D eigenvalue weighted by molar-refractivity contribution is 7.73. The van der Waals surface area contributed by atoms with Gasteiger partial charge in [0.25, 0.3) is 0 Å². The summed E-state index contributed by atoms with van der Waals surface area (Å²) in [6.45, 7) is 17.2. The van der Waals surface area contributed by atoms with Gasteiger partial charge in [-0.15, -0.1) is 0 Å². The summed E-state index contributed by atoms with van der Waals surface area (Å²) >= 11 is 0. The highest BCUT2D eigenvalue weighted by Crippen LogP contribution is 2.62. The summed E-state index contributed by atoms with van der Waals surface area (Å²) in [5, 5.41) is 3.67. The van der Waals surface area contributed by atoms with E-state index in [9.17, 15) is 0 Å². The van der Waals surface area contributed by atoms with Crippen LogP contribution in [0.25, 0.3) is 0 Å². The van der Waals surface area contributed by atoms with Crippen LogP contribution in [0, 0.1) is 19.8 Å². The first-order valence-corrected chi connectivity index (χ1v) is 14.4. The van der Waals surface area contributed by atoms with E-state index < -0.39 is 0 Å². The Bertz CT molecular complexity index is 759. The van der Waals surface area contributed by atoms with Crippen LogP contribution in [-0.2, 0) is 0 Å². The summed E-state index contributed by atoms with van der Waals surface area (Å²) < 4.78 is 0. The molecule has 3 rings (SSSR count). The van der Waals surface area contributed by atoms with Gasteiger partial charge in [0.05, 0.1) is 0 Å². The molecule has 1 aliphatic rings. The average Bonchev–Trinajstić information content (AvgIpc) is 3.13. The summed E-state index contributed by atoms with van der Waals surface area (Å²) in [4.78, 5) is 0. The van der Waals surface area contributed by atoms with Gasteiger partial charge in [0.2, 0.25) is 0 Å². The molecule has 0 radical (unpaired) electrons. The SMILES string of the molecule is CCP(C1CCCC1[C@H](C)P(c1ccccc1C)c1ccccc1C)C(C)(C)C. The van der Waals surface area contributed by atoms with Gasteiger partial charge in [-0.1, -0.05) is 97.5 Å². The second kappa shape index (κ2) is 9.62. The normalized spacial score (nSPS) is 22.1. The van der Waals surface area contributed by atoms with Crippen LogP contribution in [0.4, 0.5) is 0 Å². The van der Waals surface area contributed by atoms with Crippen molar-refractivity contribution in [3.63, 3.8) is 0 Å². The number of rotatable bonds is 6. The molecule has 1 aliphatic carbocycles. The van der Waals surface area contributed by atoms with Gasteiger partial charge in [-0.3, -0.25) is 0 Å². The van der Waals surface area contributed by atoms with Crippen LogP contribution in [0.2, 0.25) is 0 Å². The summed E-state index contributed by atoms with van der Waals surface area (Å²) in [6, 6.07) is 18.4. The van der Waals surface area contributed by atoms with Crippen molar-refractivity contribution in [3.05, 3.63) is 59.7 Å². The lowest BCUT2D eigenvalue weighted by molar-refractivity contribution is 0.540. The smallest absolute Gasteiger partial charge is 0.0123 e. The molecule has 158 valence electrons. The molecule has 2 aromatic carbocycles. The molecular formula is C27H40P2. The second-order valence-electron chi connectivity index (χ2n) is 9.80. The summed E-state index contributed by atoms with van der Waals surface area (Å²) in [5.41, 5.74) is 4.61. The molecule has 0 aliphatic heterocycles. The van der Waals surface area contributed by atoms with Crippen molar-refractivity contribution >= 4 is 26.5 Å². The largest absolute Gasteiger partial charge is 0.0980 e. The van der Waals surface area contributed by atoms with Gasteiger partial charge >= 0.3 is 0 Å². The van der Waals surface area contributed by atoms with Gasteiger partial charge in [0, 0.05) is 0 Å². The van der Waals surface area contributed by atoms with E-state index >= 15 is 0 Å². The molecule has 0 spiro atoms. The lowest BCUT2D eigenvalue weighted by atomic mass is 10.0. The van der Waals surface area contributed by atoms with Gasteiger partial charge in [0.15, 0.2) is 0 Å². The van der Waals surface area contributed by atoms with Crippen LogP contribution >= 0.6 is 15.8 Å². The van der Waals surface area contributed by atoms with Crippen molar-refractivity contribution < 1.29 is 0 Å². The van der Waals surface area contributed by atoms with E-state index in [0.717, 1.165) is 17.2 Å². The lowest BCUT2D eigenvalue weighted by Gasteiger charge is -2.42. The van der Waals surface area contributed by atoms with Crippen LogP contribution in [0.1, 0.15) is 65.0 Å². The Morgan fingerprint density at radius 2 is 1.41 bits per heavy atom. The van der Waals surface area contributed by atoms with Crippen LogP contribution in [0.15, 0.2) is 48.5 Å². The van der Waals surface area contributed by atoms with Crippen LogP contribution in [-0.4, -0.2) is 22.6 Å². The summed E-state index contributed by atoms with van der Waals surface area (Å²) in [6.07, 6.45) is 5.69. The predicted octanol–water partition coefficient (Wildman–Crippen LogP) is 7.59. The van der Waals surface area contributed by atoms with Gasteiger partial charge in [-0.05, 0) is 84.9 Å². The van der Waals surface area contributed by atoms with E-state index in [2.05, 4.69) is 97.0 Å². The van der Waals surface area contributed by atoms with E-state index in [-0.39, 0.29) is 15.8 Å². The number of aryl methyl sites for hydroxylation is 2. The molecular weight excluding hydrogens is 386 g/mol. The zero-order valence-electron chi connectivity index (χ0n) is 19.6. The number of hydrogen-bond donors (Lipinski definition) is 0. The fraction of sp³-hybridized carbons (Fsp3) is 0.556. The first-order chi connectivity index (χ1) is 13.8. The predicted molar refractivity (Wildman–Crippen MR) is 136 cm³/mol. The van der Waals surface area contributed by atoms with Gasteiger partial charge in [0.1, 0.15) is 0 Å². The van der Waals surface area contributed by atoms with Crippen molar-refractivity contribution in [2.45, 2.75) is 84.2 Å².